The van der Waals surface area contributed by atoms with E-state index >= 15 is 0 Å². The number of H-pyrrole nitrogens is 1. The van der Waals surface area contributed by atoms with Crippen LogP contribution < -0.4 is 5.56 Å². The van der Waals surface area contributed by atoms with E-state index in [1.807, 2.05) is 0 Å². The molecule has 0 spiro atoms. The number of nitrogens with zero attached hydrogens (tertiary/aromatic N) is 2. The number of aromatic nitrogens is 2. The second-order valence-electron chi connectivity index (χ2n) is 4.85. The van der Waals surface area contributed by atoms with Crippen LogP contribution >= 0.6 is 0 Å². The molecule has 1 aromatic heterocycles. The summed E-state index contributed by atoms with van der Waals surface area (Å²) >= 11 is 0. The molecule has 15 heavy (non-hydrogen) atoms. The van der Waals surface area contributed by atoms with E-state index < -0.39 is 0 Å². The lowest BCUT2D eigenvalue weighted by Gasteiger charge is -2.15. The van der Waals surface area contributed by atoms with Crippen LogP contribution in [0, 0.1) is 0 Å². The number of fused-ring (bicyclic) bond motifs is 1. The van der Waals surface area contributed by atoms with Crippen LogP contribution in [0.4, 0.5) is 0 Å². The van der Waals surface area contributed by atoms with Gasteiger partial charge in [-0.1, -0.05) is 12.8 Å². The Bertz CT molecular complexity index is 426. The Morgan fingerprint density at radius 3 is 2.73 bits per heavy atom. The average molecular weight is 207 g/mol. The second kappa shape index (κ2) is 3.23. The Kier molecular flexibility index (Phi) is 1.99. The molecule has 0 aromatic carbocycles. The first-order valence-electron chi connectivity index (χ1n) is 5.76. The third kappa shape index (κ3) is 1.35. The number of hydrogen-bond donors (Lipinski definition) is 1. The van der Waals surface area contributed by atoms with Crippen LogP contribution in [0.25, 0.3) is 0 Å². The van der Waals surface area contributed by atoms with Crippen LogP contribution in [0.3, 0.4) is 0 Å². The summed E-state index contributed by atoms with van der Waals surface area (Å²) in [6, 6.07) is 0.549. The molecule has 2 aliphatic rings. The van der Waals surface area contributed by atoms with Crippen LogP contribution in [0.15, 0.2) is 4.79 Å². The summed E-state index contributed by atoms with van der Waals surface area (Å²) in [5.41, 5.74) is 2.35. The molecule has 0 radical (unpaired) electrons. The fourth-order valence-electron chi connectivity index (χ4n) is 2.91. The van der Waals surface area contributed by atoms with Gasteiger partial charge in [0.1, 0.15) is 0 Å². The molecule has 3 rings (SSSR count). The van der Waals surface area contributed by atoms with Gasteiger partial charge in [0.2, 0.25) is 0 Å². The van der Waals surface area contributed by atoms with E-state index in [0.29, 0.717) is 6.04 Å². The molecular weight excluding hydrogens is 190 g/mol. The first kappa shape index (κ1) is 9.21. The largest absolute Gasteiger partial charge is 0.296 e. The highest BCUT2D eigenvalue weighted by atomic mass is 16.1. The van der Waals surface area contributed by atoms with E-state index in [0.717, 1.165) is 18.7 Å². The molecule has 0 amide bonds. The van der Waals surface area contributed by atoms with Crippen molar-refractivity contribution >= 4 is 0 Å². The van der Waals surface area contributed by atoms with Crippen molar-refractivity contribution in [3.8, 4) is 0 Å². The second-order valence-corrected chi connectivity index (χ2v) is 4.85. The van der Waals surface area contributed by atoms with E-state index in [4.69, 9.17) is 0 Å². The smallest absolute Gasteiger partial charge is 0.268 e. The maximum Gasteiger partial charge on any atom is 0.268 e. The molecule has 4 heteroatoms. The van der Waals surface area contributed by atoms with Gasteiger partial charge in [-0.3, -0.25) is 19.5 Å². The number of hydrogen-bond acceptors (Lipinski definition) is 2. The van der Waals surface area contributed by atoms with Crippen molar-refractivity contribution in [2.75, 3.05) is 7.05 Å². The fraction of sp³-hybridized carbons (Fsp3) is 0.727. The standard InChI is InChI=1S/C11H17N3O/c1-13-6-9-10(7-13)14(12-11(9)15)8-4-2-3-5-8/h8H,2-7H2,1H3,(H,12,15). The highest BCUT2D eigenvalue weighted by Gasteiger charge is 2.28. The lowest BCUT2D eigenvalue weighted by atomic mass is 10.2. The molecule has 82 valence electrons. The van der Waals surface area contributed by atoms with Gasteiger partial charge in [-0.2, -0.15) is 0 Å². The Morgan fingerprint density at radius 2 is 2.00 bits per heavy atom. The molecule has 1 aromatic rings. The van der Waals surface area contributed by atoms with Crippen LogP contribution in [-0.2, 0) is 13.1 Å². The van der Waals surface area contributed by atoms with E-state index in [1.165, 1.54) is 31.4 Å². The van der Waals surface area contributed by atoms with Gasteiger partial charge >= 0.3 is 0 Å². The zero-order valence-electron chi connectivity index (χ0n) is 9.12. The van der Waals surface area contributed by atoms with Gasteiger partial charge in [0.15, 0.2) is 0 Å². The molecule has 1 fully saturated rings. The van der Waals surface area contributed by atoms with E-state index in [1.54, 1.807) is 0 Å². The molecule has 1 saturated carbocycles. The number of rotatable bonds is 1. The minimum atomic E-state index is 0.126. The first-order chi connectivity index (χ1) is 7.25. The molecule has 0 atom stereocenters. The summed E-state index contributed by atoms with van der Waals surface area (Å²) in [4.78, 5) is 13.9. The highest BCUT2D eigenvalue weighted by molar-refractivity contribution is 5.22. The van der Waals surface area contributed by atoms with Crippen molar-refractivity contribution in [1.82, 2.24) is 14.7 Å². The summed E-state index contributed by atoms with van der Waals surface area (Å²) in [6.07, 6.45) is 5.05. The Balaban J connectivity index is 2.02. The SMILES string of the molecule is CN1Cc2c(n(C3CCCC3)[nH]c2=O)C1. The normalized spacial score (nSPS) is 22.5. The molecule has 0 bridgehead atoms. The van der Waals surface area contributed by atoms with Gasteiger partial charge in [-0.25, -0.2) is 0 Å². The summed E-state index contributed by atoms with van der Waals surface area (Å²) in [7, 11) is 2.07. The van der Waals surface area contributed by atoms with Crippen molar-refractivity contribution in [2.45, 2.75) is 44.8 Å². The maximum absolute atomic E-state index is 11.7. The zero-order valence-corrected chi connectivity index (χ0v) is 9.12. The van der Waals surface area contributed by atoms with E-state index in [2.05, 4.69) is 21.7 Å². The molecule has 0 saturated heterocycles. The van der Waals surface area contributed by atoms with Crippen molar-refractivity contribution in [3.63, 3.8) is 0 Å². The molecule has 4 nitrogen and oxygen atoms in total. The van der Waals surface area contributed by atoms with Crippen LogP contribution in [-0.4, -0.2) is 21.7 Å². The van der Waals surface area contributed by atoms with E-state index in [-0.39, 0.29) is 5.56 Å². The van der Waals surface area contributed by atoms with Crippen molar-refractivity contribution in [1.29, 1.82) is 0 Å². The van der Waals surface area contributed by atoms with Gasteiger partial charge < -0.3 is 0 Å². The number of nitrogens with one attached hydrogen (secondary N) is 1. The van der Waals surface area contributed by atoms with Crippen LogP contribution in [0.1, 0.15) is 43.0 Å². The van der Waals surface area contributed by atoms with Gasteiger partial charge in [0, 0.05) is 13.1 Å². The van der Waals surface area contributed by atoms with E-state index in [9.17, 15) is 4.79 Å². The summed E-state index contributed by atoms with van der Waals surface area (Å²) < 4.78 is 2.15. The first-order valence-corrected chi connectivity index (χ1v) is 5.76. The topological polar surface area (TPSA) is 41.0 Å². The summed E-state index contributed by atoms with van der Waals surface area (Å²) in [6.45, 7) is 1.73. The number of aromatic amines is 1. The lowest BCUT2D eigenvalue weighted by Crippen LogP contribution is -2.18. The predicted molar refractivity (Wildman–Crippen MR) is 57.7 cm³/mol. The van der Waals surface area contributed by atoms with Crippen LogP contribution in [0.5, 0.6) is 0 Å². The molecule has 1 aliphatic heterocycles. The third-order valence-corrected chi connectivity index (χ3v) is 3.67. The monoisotopic (exact) mass is 207 g/mol. The predicted octanol–water partition coefficient (Wildman–Crippen LogP) is 1.24. The van der Waals surface area contributed by atoms with Crippen LogP contribution in [0.2, 0.25) is 0 Å². The van der Waals surface area contributed by atoms with Crippen molar-refractivity contribution in [3.05, 3.63) is 21.6 Å². The molecule has 1 N–H and O–H groups in total. The fourth-order valence-corrected chi connectivity index (χ4v) is 2.91. The quantitative estimate of drug-likeness (QED) is 0.752. The minimum absolute atomic E-state index is 0.126. The summed E-state index contributed by atoms with van der Waals surface area (Å²) in [5, 5.41) is 3.01. The van der Waals surface area contributed by atoms with Gasteiger partial charge in [-0.15, -0.1) is 0 Å². The summed E-state index contributed by atoms with van der Waals surface area (Å²) in [5.74, 6) is 0. The molecule has 1 aliphatic carbocycles. The average Bonchev–Trinajstić information content (AvgIpc) is 2.85. The third-order valence-electron chi connectivity index (χ3n) is 3.67. The Labute approximate surface area is 88.9 Å². The lowest BCUT2D eigenvalue weighted by molar-refractivity contribution is 0.331. The minimum Gasteiger partial charge on any atom is -0.296 e. The van der Waals surface area contributed by atoms with Gasteiger partial charge in [0.25, 0.3) is 5.56 Å². The van der Waals surface area contributed by atoms with Gasteiger partial charge in [0.05, 0.1) is 17.3 Å². The Hall–Kier alpha value is -1.03. The van der Waals surface area contributed by atoms with Crippen molar-refractivity contribution in [2.24, 2.45) is 0 Å². The zero-order chi connectivity index (χ0) is 10.4. The molecule has 2 heterocycles. The molecular formula is C11H17N3O. The molecule has 0 unspecified atom stereocenters. The highest BCUT2D eigenvalue weighted by Crippen LogP contribution is 2.31. The Morgan fingerprint density at radius 1 is 1.27 bits per heavy atom. The maximum atomic E-state index is 11.7. The van der Waals surface area contributed by atoms with Gasteiger partial charge in [-0.05, 0) is 19.9 Å². The van der Waals surface area contributed by atoms with Crippen molar-refractivity contribution < 1.29 is 0 Å².